The first-order chi connectivity index (χ1) is 11.7. The lowest BCUT2D eigenvalue weighted by Gasteiger charge is -2.07. The molecule has 0 amide bonds. The quantitative estimate of drug-likeness (QED) is 0.576. The SMILES string of the molecule is Cl.Cl.Nc1ccc2ccc(CCNCCCc3cccc(F)c3)cc2n1. The molecule has 0 aliphatic heterocycles. The molecular formula is C20H24Cl2FN3. The van der Waals surface area contributed by atoms with Gasteiger partial charge in [0.25, 0.3) is 0 Å². The molecule has 26 heavy (non-hydrogen) atoms. The van der Waals surface area contributed by atoms with Crippen LogP contribution < -0.4 is 11.1 Å². The number of nitrogen functional groups attached to an aromatic ring is 1. The van der Waals surface area contributed by atoms with Crippen molar-refractivity contribution in [2.75, 3.05) is 18.8 Å². The van der Waals surface area contributed by atoms with Crippen molar-refractivity contribution in [1.29, 1.82) is 0 Å². The number of aromatic nitrogens is 1. The van der Waals surface area contributed by atoms with Crippen LogP contribution in [0, 0.1) is 5.82 Å². The maximum atomic E-state index is 13.1. The van der Waals surface area contributed by atoms with Crippen molar-refractivity contribution in [1.82, 2.24) is 10.3 Å². The molecule has 0 radical (unpaired) electrons. The van der Waals surface area contributed by atoms with E-state index in [1.54, 1.807) is 12.1 Å². The fraction of sp³-hybridized carbons (Fsp3) is 0.250. The van der Waals surface area contributed by atoms with Crippen molar-refractivity contribution >= 4 is 41.5 Å². The Morgan fingerprint density at radius 1 is 0.885 bits per heavy atom. The number of halogens is 3. The van der Waals surface area contributed by atoms with E-state index in [0.717, 1.165) is 48.8 Å². The molecule has 0 saturated heterocycles. The Bertz CT molecular complexity index is 827. The van der Waals surface area contributed by atoms with Gasteiger partial charge >= 0.3 is 0 Å². The predicted octanol–water partition coefficient (Wildman–Crippen LogP) is 4.56. The molecule has 0 atom stereocenters. The Hall–Kier alpha value is -1.88. The molecule has 3 aromatic rings. The number of rotatable bonds is 7. The molecule has 0 unspecified atom stereocenters. The van der Waals surface area contributed by atoms with Gasteiger partial charge in [-0.3, -0.25) is 0 Å². The third-order valence-corrected chi connectivity index (χ3v) is 4.08. The number of fused-ring (bicyclic) bond motifs is 1. The Kier molecular flexibility index (Phi) is 9.35. The number of nitrogens with two attached hydrogens (primary N) is 1. The summed E-state index contributed by atoms with van der Waals surface area (Å²) in [6.07, 6.45) is 2.84. The molecular weight excluding hydrogens is 372 g/mol. The summed E-state index contributed by atoms with van der Waals surface area (Å²) in [5.41, 5.74) is 8.98. The first kappa shape index (κ1) is 22.2. The lowest BCUT2D eigenvalue weighted by molar-refractivity contribution is 0.620. The molecule has 0 fully saturated rings. The summed E-state index contributed by atoms with van der Waals surface area (Å²) < 4.78 is 13.1. The summed E-state index contributed by atoms with van der Waals surface area (Å²) in [6, 6.07) is 16.9. The number of anilines is 1. The molecule has 0 aliphatic carbocycles. The highest BCUT2D eigenvalue weighted by Crippen LogP contribution is 2.15. The first-order valence-electron chi connectivity index (χ1n) is 8.31. The van der Waals surface area contributed by atoms with Crippen molar-refractivity contribution in [3.05, 3.63) is 71.5 Å². The zero-order chi connectivity index (χ0) is 16.8. The van der Waals surface area contributed by atoms with Crippen LogP contribution in [0.15, 0.2) is 54.6 Å². The maximum Gasteiger partial charge on any atom is 0.124 e. The highest BCUT2D eigenvalue weighted by molar-refractivity contribution is 5.85. The van der Waals surface area contributed by atoms with E-state index in [0.29, 0.717) is 5.82 Å². The number of hydrogen-bond donors (Lipinski definition) is 2. The Morgan fingerprint density at radius 2 is 1.65 bits per heavy atom. The van der Waals surface area contributed by atoms with Gasteiger partial charge in [-0.05, 0) is 73.8 Å². The zero-order valence-corrected chi connectivity index (χ0v) is 16.1. The van der Waals surface area contributed by atoms with Gasteiger partial charge in [0.2, 0.25) is 0 Å². The average molecular weight is 396 g/mol. The van der Waals surface area contributed by atoms with E-state index in [9.17, 15) is 4.39 Å². The molecule has 3 nitrogen and oxygen atoms in total. The van der Waals surface area contributed by atoms with Gasteiger partial charge in [-0.2, -0.15) is 0 Å². The molecule has 140 valence electrons. The fourth-order valence-corrected chi connectivity index (χ4v) is 2.80. The summed E-state index contributed by atoms with van der Waals surface area (Å²) in [7, 11) is 0. The minimum absolute atomic E-state index is 0. The molecule has 2 aromatic carbocycles. The average Bonchev–Trinajstić information content (AvgIpc) is 2.57. The molecule has 1 heterocycles. The number of benzene rings is 2. The number of hydrogen-bond acceptors (Lipinski definition) is 3. The Labute approximate surface area is 166 Å². The van der Waals surface area contributed by atoms with E-state index in [-0.39, 0.29) is 30.6 Å². The lowest BCUT2D eigenvalue weighted by atomic mass is 10.1. The standard InChI is InChI=1S/C20H22FN3.2ClH/c21-18-5-1-3-15(13-18)4-2-11-23-12-10-16-6-7-17-8-9-20(22)24-19(17)14-16;;/h1,3,5-9,13-14,23H,2,4,10-12H2,(H2,22,24);2*1H. The van der Waals surface area contributed by atoms with Crippen LogP contribution in [0.4, 0.5) is 10.2 Å². The van der Waals surface area contributed by atoms with Gasteiger partial charge < -0.3 is 11.1 Å². The molecule has 0 bridgehead atoms. The Balaban J connectivity index is 0.00000169. The van der Waals surface area contributed by atoms with Crippen molar-refractivity contribution in [3.63, 3.8) is 0 Å². The van der Waals surface area contributed by atoms with Crippen LogP contribution in [-0.2, 0) is 12.8 Å². The van der Waals surface area contributed by atoms with Gasteiger partial charge in [0.15, 0.2) is 0 Å². The monoisotopic (exact) mass is 395 g/mol. The van der Waals surface area contributed by atoms with Crippen LogP contribution in [0.2, 0.25) is 0 Å². The fourth-order valence-electron chi connectivity index (χ4n) is 2.80. The largest absolute Gasteiger partial charge is 0.384 e. The second kappa shape index (κ2) is 11.0. The molecule has 3 N–H and O–H groups in total. The number of pyridine rings is 1. The number of aryl methyl sites for hydroxylation is 1. The second-order valence-electron chi connectivity index (χ2n) is 6.00. The highest BCUT2D eigenvalue weighted by atomic mass is 35.5. The third-order valence-electron chi connectivity index (χ3n) is 4.08. The summed E-state index contributed by atoms with van der Waals surface area (Å²) in [5.74, 6) is 0.390. The summed E-state index contributed by atoms with van der Waals surface area (Å²) in [4.78, 5) is 4.36. The maximum absolute atomic E-state index is 13.1. The van der Waals surface area contributed by atoms with Gasteiger partial charge in [0.1, 0.15) is 11.6 Å². The van der Waals surface area contributed by atoms with E-state index >= 15 is 0 Å². The van der Waals surface area contributed by atoms with E-state index < -0.39 is 0 Å². The normalized spacial score (nSPS) is 10.2. The molecule has 0 aliphatic rings. The van der Waals surface area contributed by atoms with E-state index in [1.807, 2.05) is 18.2 Å². The summed E-state index contributed by atoms with van der Waals surface area (Å²) >= 11 is 0. The molecule has 1 aromatic heterocycles. The minimum Gasteiger partial charge on any atom is -0.384 e. The van der Waals surface area contributed by atoms with Gasteiger partial charge in [0.05, 0.1) is 5.52 Å². The number of nitrogens with zero attached hydrogens (tertiary/aromatic N) is 1. The second-order valence-corrected chi connectivity index (χ2v) is 6.00. The summed E-state index contributed by atoms with van der Waals surface area (Å²) in [5, 5.41) is 4.55. The Morgan fingerprint density at radius 3 is 2.46 bits per heavy atom. The van der Waals surface area contributed by atoms with Gasteiger partial charge in [-0.25, -0.2) is 9.37 Å². The number of nitrogens with one attached hydrogen (secondary N) is 1. The van der Waals surface area contributed by atoms with Crippen molar-refractivity contribution in [2.24, 2.45) is 0 Å². The van der Waals surface area contributed by atoms with Crippen molar-refractivity contribution in [2.45, 2.75) is 19.3 Å². The van der Waals surface area contributed by atoms with Crippen LogP contribution in [0.3, 0.4) is 0 Å². The molecule has 3 rings (SSSR count). The minimum atomic E-state index is -0.161. The highest BCUT2D eigenvalue weighted by Gasteiger charge is 2.00. The van der Waals surface area contributed by atoms with Crippen LogP contribution in [-0.4, -0.2) is 18.1 Å². The zero-order valence-electron chi connectivity index (χ0n) is 14.5. The van der Waals surface area contributed by atoms with Gasteiger partial charge in [-0.15, -0.1) is 24.8 Å². The van der Waals surface area contributed by atoms with E-state index in [2.05, 4.69) is 28.5 Å². The smallest absolute Gasteiger partial charge is 0.124 e. The summed E-state index contributed by atoms with van der Waals surface area (Å²) in [6.45, 7) is 1.84. The van der Waals surface area contributed by atoms with Gasteiger partial charge in [0, 0.05) is 5.39 Å². The van der Waals surface area contributed by atoms with Crippen LogP contribution >= 0.6 is 24.8 Å². The van der Waals surface area contributed by atoms with Gasteiger partial charge in [-0.1, -0.05) is 24.3 Å². The van der Waals surface area contributed by atoms with Crippen molar-refractivity contribution in [3.8, 4) is 0 Å². The first-order valence-corrected chi connectivity index (χ1v) is 8.31. The topological polar surface area (TPSA) is 50.9 Å². The molecule has 0 spiro atoms. The van der Waals surface area contributed by atoms with Crippen LogP contribution in [0.5, 0.6) is 0 Å². The lowest BCUT2D eigenvalue weighted by Crippen LogP contribution is -2.19. The van der Waals surface area contributed by atoms with Crippen LogP contribution in [0.25, 0.3) is 10.9 Å². The predicted molar refractivity (Wildman–Crippen MR) is 112 cm³/mol. The van der Waals surface area contributed by atoms with E-state index in [4.69, 9.17) is 5.73 Å². The van der Waals surface area contributed by atoms with Crippen molar-refractivity contribution < 1.29 is 4.39 Å². The van der Waals surface area contributed by atoms with E-state index in [1.165, 1.54) is 11.6 Å². The molecule has 0 saturated carbocycles. The molecule has 6 heteroatoms. The van der Waals surface area contributed by atoms with Crippen LogP contribution in [0.1, 0.15) is 17.5 Å². The third kappa shape index (κ3) is 6.45.